The molecule has 2 heterocycles. The van der Waals surface area contributed by atoms with Crippen molar-refractivity contribution < 1.29 is 42.2 Å². The number of hydrogen-bond donors (Lipinski definition) is 3. The number of anilines is 2. The molecule has 0 saturated carbocycles. The van der Waals surface area contributed by atoms with E-state index in [1.54, 1.807) is 60.7 Å². The number of carbonyl (C=O) groups is 5. The first kappa shape index (κ1) is 33.5. The number of hydrogen-bond acceptors (Lipinski definition) is 9. The highest BCUT2D eigenvalue weighted by Gasteiger charge is 2.41. The molecule has 0 spiro atoms. The first-order chi connectivity index (χ1) is 24.0. The predicted octanol–water partition coefficient (Wildman–Crippen LogP) is 5.20. The number of carboxylic acids is 1. The van der Waals surface area contributed by atoms with Gasteiger partial charge in [-0.1, -0.05) is 42.5 Å². The van der Waals surface area contributed by atoms with Crippen molar-refractivity contribution in [1.29, 1.82) is 0 Å². The molecule has 0 saturated heterocycles. The lowest BCUT2D eigenvalue weighted by molar-refractivity contribution is -0.140. The van der Waals surface area contributed by atoms with Crippen molar-refractivity contribution in [3.05, 3.63) is 120 Å². The molecule has 6 rings (SSSR count). The molecule has 3 N–H and O–H groups in total. The Morgan fingerprint density at radius 1 is 0.860 bits per heavy atom. The van der Waals surface area contributed by atoms with Gasteiger partial charge in [0.05, 0.1) is 18.2 Å². The lowest BCUT2D eigenvalue weighted by Crippen LogP contribution is -2.31. The zero-order valence-electron chi connectivity index (χ0n) is 26.4. The third-order valence-electron chi connectivity index (χ3n) is 8.09. The van der Waals surface area contributed by atoms with E-state index in [4.69, 9.17) is 0 Å². The lowest BCUT2D eigenvalue weighted by Gasteiger charge is -2.14. The zero-order chi connectivity index (χ0) is 35.6. The summed E-state index contributed by atoms with van der Waals surface area (Å²) in [7, 11) is -2.99. The quantitative estimate of drug-likeness (QED) is 0.164. The molecule has 1 aliphatic rings. The molecule has 50 heavy (non-hydrogen) atoms. The minimum atomic E-state index is -4.20. The molecular weight excluding hydrogens is 664 g/mol. The molecule has 0 aliphatic carbocycles. The van der Waals surface area contributed by atoms with E-state index in [1.165, 1.54) is 37.6 Å². The molecule has 3 amide bonds. The van der Waals surface area contributed by atoms with Crippen molar-refractivity contribution >= 4 is 61.8 Å². The molecule has 14 heteroatoms. The fourth-order valence-corrected chi connectivity index (χ4v) is 7.20. The Hall–Kier alpha value is -6.41. The molecule has 13 nitrogen and oxygen atoms in total. The van der Waals surface area contributed by atoms with Crippen LogP contribution in [0.5, 0.6) is 0 Å². The summed E-state index contributed by atoms with van der Waals surface area (Å²) in [4.78, 5) is 66.0. The van der Waals surface area contributed by atoms with Gasteiger partial charge < -0.3 is 20.5 Å². The van der Waals surface area contributed by atoms with Gasteiger partial charge in [-0.05, 0) is 65.9 Å². The zero-order valence-corrected chi connectivity index (χ0v) is 27.2. The van der Waals surface area contributed by atoms with E-state index in [0.29, 0.717) is 32.0 Å². The normalized spacial score (nSPS) is 13.1. The summed E-state index contributed by atoms with van der Waals surface area (Å²) in [6.07, 6.45) is 1.55. The average Bonchev–Trinajstić information content (AvgIpc) is 3.31. The Balaban J connectivity index is 1.11. The summed E-state index contributed by atoms with van der Waals surface area (Å²) < 4.78 is 31.4. The van der Waals surface area contributed by atoms with Crippen molar-refractivity contribution in [3.63, 3.8) is 0 Å². The Morgan fingerprint density at radius 3 is 2.26 bits per heavy atom. The predicted molar refractivity (Wildman–Crippen MR) is 182 cm³/mol. The number of aromatic nitrogens is 1. The molecule has 1 aliphatic heterocycles. The highest BCUT2D eigenvalue weighted by atomic mass is 32.2. The molecule has 0 unspecified atom stereocenters. The van der Waals surface area contributed by atoms with Gasteiger partial charge >= 0.3 is 11.9 Å². The van der Waals surface area contributed by atoms with Crippen LogP contribution in [-0.2, 0) is 19.6 Å². The maximum Gasteiger partial charge on any atom is 0.336 e. The summed E-state index contributed by atoms with van der Waals surface area (Å²) in [6.45, 7) is -0.204. The van der Waals surface area contributed by atoms with E-state index in [0.717, 1.165) is 11.6 Å². The number of nitrogens with one attached hydrogen (secondary N) is 2. The minimum Gasteiger partial charge on any atom is -0.478 e. The van der Waals surface area contributed by atoms with Crippen molar-refractivity contribution in [1.82, 2.24) is 9.29 Å². The molecule has 5 aromatic rings. The summed E-state index contributed by atoms with van der Waals surface area (Å²) in [5.41, 5.74) is 2.34. The SMILES string of the molecule is COC(=O)CCCN1C(=O)c2ccc(C(=O)Nc3ccc(-c4ccc(C(=O)Nc5cccc6cccc(C(=O)O)c56)nc4)cc3)cc2S1(=O)=O. The van der Waals surface area contributed by atoms with Crippen LogP contribution in [0.1, 0.15) is 54.4 Å². The van der Waals surface area contributed by atoms with Gasteiger partial charge in [-0.3, -0.25) is 24.2 Å². The second-order valence-electron chi connectivity index (χ2n) is 11.2. The van der Waals surface area contributed by atoms with E-state index in [9.17, 15) is 37.5 Å². The monoisotopic (exact) mass is 692 g/mol. The third kappa shape index (κ3) is 6.51. The number of pyridine rings is 1. The van der Waals surface area contributed by atoms with E-state index < -0.39 is 39.7 Å². The summed E-state index contributed by atoms with van der Waals surface area (Å²) in [6, 6.07) is 23.8. The third-order valence-corrected chi connectivity index (χ3v) is 9.92. The fourth-order valence-electron chi connectivity index (χ4n) is 5.56. The molecule has 0 radical (unpaired) electrons. The number of rotatable bonds is 10. The first-order valence-corrected chi connectivity index (χ1v) is 16.6. The molecule has 252 valence electrons. The van der Waals surface area contributed by atoms with Crippen LogP contribution in [0.15, 0.2) is 102 Å². The van der Waals surface area contributed by atoms with Gasteiger partial charge in [-0.25, -0.2) is 17.5 Å². The number of esters is 1. The fraction of sp³-hybridized carbons (Fsp3) is 0.111. The Labute approximate surface area is 285 Å². The van der Waals surface area contributed by atoms with Crippen molar-refractivity contribution in [3.8, 4) is 11.1 Å². The highest BCUT2D eigenvalue weighted by molar-refractivity contribution is 7.90. The molecule has 0 fully saturated rings. The number of carbonyl (C=O) groups excluding carboxylic acids is 4. The van der Waals surface area contributed by atoms with Crippen LogP contribution in [0.4, 0.5) is 11.4 Å². The van der Waals surface area contributed by atoms with Crippen molar-refractivity contribution in [2.45, 2.75) is 17.7 Å². The van der Waals surface area contributed by atoms with Gasteiger partial charge in [0.2, 0.25) is 0 Å². The van der Waals surface area contributed by atoms with Gasteiger partial charge in [0, 0.05) is 47.1 Å². The molecule has 1 aromatic heterocycles. The van der Waals surface area contributed by atoms with Crippen LogP contribution in [0.3, 0.4) is 0 Å². The maximum atomic E-state index is 13.1. The van der Waals surface area contributed by atoms with E-state index in [-0.39, 0.29) is 46.7 Å². The second-order valence-corrected chi connectivity index (χ2v) is 13.0. The Morgan fingerprint density at radius 2 is 1.58 bits per heavy atom. The van der Waals surface area contributed by atoms with Gasteiger partial charge in [-0.15, -0.1) is 0 Å². The number of aromatic carboxylic acids is 1. The maximum absolute atomic E-state index is 13.1. The number of sulfonamides is 1. The Kier molecular flexibility index (Phi) is 9.11. The summed E-state index contributed by atoms with van der Waals surface area (Å²) >= 11 is 0. The summed E-state index contributed by atoms with van der Waals surface area (Å²) in [5, 5.41) is 16.2. The number of benzene rings is 4. The van der Waals surface area contributed by atoms with Crippen LogP contribution in [0.25, 0.3) is 21.9 Å². The molecular formula is C36H28N4O9S. The van der Waals surface area contributed by atoms with E-state index in [1.807, 2.05) is 0 Å². The van der Waals surface area contributed by atoms with Crippen LogP contribution >= 0.6 is 0 Å². The Bertz CT molecular complexity index is 2300. The topological polar surface area (TPSA) is 189 Å². The van der Waals surface area contributed by atoms with E-state index >= 15 is 0 Å². The molecule has 0 bridgehead atoms. The highest BCUT2D eigenvalue weighted by Crippen LogP contribution is 2.32. The van der Waals surface area contributed by atoms with Crippen LogP contribution in [-0.4, -0.2) is 66.1 Å². The van der Waals surface area contributed by atoms with E-state index in [2.05, 4.69) is 20.4 Å². The number of fused-ring (bicyclic) bond motifs is 2. The first-order valence-electron chi connectivity index (χ1n) is 15.2. The van der Waals surface area contributed by atoms with Crippen molar-refractivity contribution in [2.75, 3.05) is 24.3 Å². The second kappa shape index (κ2) is 13.6. The minimum absolute atomic E-state index is 0.0290. The summed E-state index contributed by atoms with van der Waals surface area (Å²) in [5.74, 6) is -3.47. The van der Waals surface area contributed by atoms with Gasteiger partial charge in [-0.2, -0.15) is 0 Å². The number of nitrogens with zero attached hydrogens (tertiary/aromatic N) is 2. The number of carboxylic acid groups (broad SMARTS) is 1. The van der Waals surface area contributed by atoms with Gasteiger partial charge in [0.1, 0.15) is 10.6 Å². The number of methoxy groups -OCH3 is 1. The van der Waals surface area contributed by atoms with Crippen molar-refractivity contribution in [2.24, 2.45) is 0 Å². The standard InChI is InChI=1S/C36H28N4O9S/c1-49-31(41)9-4-18-40-35(44)26-16-12-23(19-30(26)50(40,47)48)33(42)38-25-14-10-21(11-15-25)24-13-17-29(37-20-24)34(43)39-28-8-3-6-22-5-2-7-27(32(22)28)36(45)46/h2-3,5-8,10-17,19-20H,4,9,18H2,1H3,(H,38,42)(H,39,43)(H,45,46). The lowest BCUT2D eigenvalue weighted by atomic mass is 10.0. The molecule has 0 atom stereocenters. The van der Waals surface area contributed by atoms with Gasteiger partial charge in [0.25, 0.3) is 27.7 Å². The largest absolute Gasteiger partial charge is 0.478 e. The smallest absolute Gasteiger partial charge is 0.336 e. The van der Waals surface area contributed by atoms with Crippen LogP contribution in [0, 0.1) is 0 Å². The van der Waals surface area contributed by atoms with Crippen LogP contribution in [0.2, 0.25) is 0 Å². The van der Waals surface area contributed by atoms with Gasteiger partial charge in [0.15, 0.2) is 0 Å². The molecule has 4 aromatic carbocycles. The van der Waals surface area contributed by atoms with Crippen LogP contribution < -0.4 is 10.6 Å². The average molecular weight is 693 g/mol. The number of amides is 3. The number of ether oxygens (including phenoxy) is 1.